The Hall–Kier alpha value is -1.94. The van der Waals surface area contributed by atoms with Crippen molar-refractivity contribution in [1.29, 1.82) is 0 Å². The van der Waals surface area contributed by atoms with Crippen LogP contribution in [-0.2, 0) is 6.54 Å². The maximum Gasteiger partial charge on any atom is 0.318 e. The maximum atomic E-state index is 12.6. The first-order valence-electron chi connectivity index (χ1n) is 8.45. The number of hydrogen-bond donors (Lipinski definition) is 1. The molecule has 1 heterocycles. The highest BCUT2D eigenvalue weighted by atomic mass is 32.2. The van der Waals surface area contributed by atoms with Gasteiger partial charge in [-0.1, -0.05) is 68.4 Å². The Morgan fingerprint density at radius 2 is 1.88 bits per heavy atom. The molecule has 0 saturated carbocycles. The van der Waals surface area contributed by atoms with E-state index in [2.05, 4.69) is 43.4 Å². The van der Waals surface area contributed by atoms with E-state index >= 15 is 0 Å². The maximum absolute atomic E-state index is 12.6. The Labute approximate surface area is 148 Å². The molecule has 1 fully saturated rings. The number of urea groups is 1. The third-order valence-electron chi connectivity index (χ3n) is 4.33. The first kappa shape index (κ1) is 16.9. The van der Waals surface area contributed by atoms with E-state index in [0.29, 0.717) is 12.5 Å². The zero-order valence-corrected chi connectivity index (χ0v) is 15.1. The summed E-state index contributed by atoms with van der Waals surface area (Å²) in [5, 5.41) is 3.16. The van der Waals surface area contributed by atoms with Crippen LogP contribution in [0.1, 0.15) is 41.8 Å². The summed E-state index contributed by atoms with van der Waals surface area (Å²) < 4.78 is 0. The molecule has 1 aliphatic rings. The Morgan fingerprint density at radius 1 is 1.17 bits per heavy atom. The quantitative estimate of drug-likeness (QED) is 0.870. The lowest BCUT2D eigenvalue weighted by Crippen LogP contribution is -2.39. The largest absolute Gasteiger partial charge is 0.334 e. The van der Waals surface area contributed by atoms with Crippen molar-refractivity contribution in [2.45, 2.75) is 31.7 Å². The standard InChI is InChI=1S/C20H24N2OS/c1-15(2)17-8-10-18(11-9-17)19-22(12-13-24-19)20(23)21-14-16-6-4-3-5-7-16/h3-11,15,19H,12-14H2,1-2H3,(H,21,23)/t19-/m1/s1. The van der Waals surface area contributed by atoms with Crippen LogP contribution in [-0.4, -0.2) is 23.2 Å². The molecule has 1 N–H and O–H groups in total. The second-order valence-corrected chi connectivity index (χ2v) is 7.57. The highest BCUT2D eigenvalue weighted by Gasteiger charge is 2.30. The van der Waals surface area contributed by atoms with Crippen molar-refractivity contribution >= 4 is 17.8 Å². The number of carbonyl (C=O) groups excluding carboxylic acids is 1. The van der Waals surface area contributed by atoms with Crippen molar-refractivity contribution in [3.8, 4) is 0 Å². The molecule has 126 valence electrons. The zero-order valence-electron chi connectivity index (χ0n) is 14.2. The Bertz CT molecular complexity index is 670. The molecule has 0 aliphatic carbocycles. The number of benzene rings is 2. The lowest BCUT2D eigenvalue weighted by atomic mass is 10.0. The van der Waals surface area contributed by atoms with E-state index in [-0.39, 0.29) is 11.4 Å². The van der Waals surface area contributed by atoms with Gasteiger partial charge >= 0.3 is 6.03 Å². The highest BCUT2D eigenvalue weighted by molar-refractivity contribution is 7.99. The minimum Gasteiger partial charge on any atom is -0.334 e. The minimum absolute atomic E-state index is 0.0155. The summed E-state index contributed by atoms with van der Waals surface area (Å²) in [6, 6.07) is 18.7. The number of rotatable bonds is 4. The first-order chi connectivity index (χ1) is 11.6. The molecule has 2 aromatic carbocycles. The van der Waals surface area contributed by atoms with Gasteiger partial charge in [-0.2, -0.15) is 0 Å². The summed E-state index contributed by atoms with van der Waals surface area (Å²) in [7, 11) is 0. The number of amides is 2. The van der Waals surface area contributed by atoms with E-state index in [1.165, 1.54) is 11.1 Å². The number of nitrogens with one attached hydrogen (secondary N) is 1. The van der Waals surface area contributed by atoms with Crippen LogP contribution in [0, 0.1) is 0 Å². The van der Waals surface area contributed by atoms with Crippen molar-refractivity contribution in [3.63, 3.8) is 0 Å². The van der Waals surface area contributed by atoms with Gasteiger partial charge in [0.05, 0.1) is 0 Å². The number of hydrogen-bond acceptors (Lipinski definition) is 2. The molecule has 0 aromatic heterocycles. The molecule has 0 radical (unpaired) electrons. The molecule has 1 aliphatic heterocycles. The Balaban J connectivity index is 1.65. The van der Waals surface area contributed by atoms with Crippen molar-refractivity contribution in [3.05, 3.63) is 71.3 Å². The van der Waals surface area contributed by atoms with Crippen LogP contribution >= 0.6 is 11.8 Å². The predicted molar refractivity (Wildman–Crippen MR) is 101 cm³/mol. The molecule has 0 unspecified atom stereocenters. The number of nitrogens with zero attached hydrogens (tertiary/aromatic N) is 1. The van der Waals surface area contributed by atoms with Gasteiger partial charge < -0.3 is 10.2 Å². The lowest BCUT2D eigenvalue weighted by molar-refractivity contribution is 0.200. The van der Waals surface area contributed by atoms with Gasteiger partial charge in [0.1, 0.15) is 5.37 Å². The molecule has 0 spiro atoms. The molecule has 1 atom stereocenters. The van der Waals surface area contributed by atoms with Crippen molar-refractivity contribution in [2.75, 3.05) is 12.3 Å². The van der Waals surface area contributed by atoms with Crippen LogP contribution in [0.2, 0.25) is 0 Å². The van der Waals surface area contributed by atoms with E-state index in [1.807, 2.05) is 47.0 Å². The van der Waals surface area contributed by atoms with Crippen LogP contribution in [0.4, 0.5) is 4.79 Å². The predicted octanol–water partition coefficient (Wildman–Crippen LogP) is 4.77. The SMILES string of the molecule is CC(C)c1ccc([C@H]2SCCN2C(=O)NCc2ccccc2)cc1. The third kappa shape index (κ3) is 3.93. The molecule has 1 saturated heterocycles. The molecule has 4 heteroatoms. The van der Waals surface area contributed by atoms with E-state index in [1.54, 1.807) is 0 Å². The van der Waals surface area contributed by atoms with E-state index < -0.39 is 0 Å². The summed E-state index contributed by atoms with van der Waals surface area (Å²) in [6.07, 6.45) is 0. The average molecular weight is 340 g/mol. The van der Waals surface area contributed by atoms with Crippen molar-refractivity contribution < 1.29 is 4.79 Å². The topological polar surface area (TPSA) is 32.3 Å². The fourth-order valence-corrected chi connectivity index (χ4v) is 4.13. The van der Waals surface area contributed by atoms with Crippen molar-refractivity contribution in [1.82, 2.24) is 10.2 Å². The first-order valence-corrected chi connectivity index (χ1v) is 9.50. The lowest BCUT2D eigenvalue weighted by Gasteiger charge is -2.24. The summed E-state index contributed by atoms with van der Waals surface area (Å²) in [5.41, 5.74) is 3.66. The smallest absolute Gasteiger partial charge is 0.318 e. The van der Waals surface area contributed by atoms with Gasteiger partial charge in [-0.25, -0.2) is 4.79 Å². The Kier molecular flexibility index (Phi) is 5.46. The molecule has 24 heavy (non-hydrogen) atoms. The van der Waals surface area contributed by atoms with Gasteiger partial charge in [-0.05, 0) is 22.6 Å². The van der Waals surface area contributed by atoms with E-state index in [9.17, 15) is 4.79 Å². The van der Waals surface area contributed by atoms with Gasteiger partial charge in [0.25, 0.3) is 0 Å². The second kappa shape index (κ2) is 7.75. The molecular weight excluding hydrogens is 316 g/mol. The molecule has 2 amide bonds. The summed E-state index contributed by atoms with van der Waals surface area (Å²) in [4.78, 5) is 14.5. The van der Waals surface area contributed by atoms with Crippen molar-refractivity contribution in [2.24, 2.45) is 0 Å². The summed E-state index contributed by atoms with van der Waals surface area (Å²) >= 11 is 1.83. The van der Waals surface area contributed by atoms with Crippen LogP contribution in [0.15, 0.2) is 54.6 Å². The van der Waals surface area contributed by atoms with E-state index in [0.717, 1.165) is 17.9 Å². The number of thioether (sulfide) groups is 1. The average Bonchev–Trinajstić information content (AvgIpc) is 3.10. The Morgan fingerprint density at radius 3 is 2.54 bits per heavy atom. The zero-order chi connectivity index (χ0) is 16.9. The van der Waals surface area contributed by atoms with Crippen LogP contribution < -0.4 is 5.32 Å². The number of carbonyl (C=O) groups is 1. The summed E-state index contributed by atoms with van der Waals surface area (Å²) in [6.45, 7) is 5.76. The fourth-order valence-electron chi connectivity index (χ4n) is 2.87. The van der Waals surface area contributed by atoms with Gasteiger partial charge in [-0.15, -0.1) is 11.8 Å². The molecule has 3 rings (SSSR count). The van der Waals surface area contributed by atoms with Gasteiger partial charge in [0, 0.05) is 18.8 Å². The van der Waals surface area contributed by atoms with Gasteiger partial charge in [0.15, 0.2) is 0 Å². The molecule has 0 bridgehead atoms. The minimum atomic E-state index is 0.0155. The van der Waals surface area contributed by atoms with Crippen LogP contribution in [0.25, 0.3) is 0 Å². The second-order valence-electron chi connectivity index (χ2n) is 6.38. The van der Waals surface area contributed by atoms with E-state index in [4.69, 9.17) is 0 Å². The molecular formula is C20H24N2OS. The third-order valence-corrected chi connectivity index (χ3v) is 5.59. The molecule has 2 aromatic rings. The monoisotopic (exact) mass is 340 g/mol. The fraction of sp³-hybridized carbons (Fsp3) is 0.350. The van der Waals surface area contributed by atoms with Crippen LogP contribution in [0.3, 0.4) is 0 Å². The normalized spacial score (nSPS) is 17.3. The summed E-state index contributed by atoms with van der Waals surface area (Å²) in [5.74, 6) is 1.51. The highest BCUT2D eigenvalue weighted by Crippen LogP contribution is 2.38. The van der Waals surface area contributed by atoms with Gasteiger partial charge in [0.2, 0.25) is 0 Å². The van der Waals surface area contributed by atoms with Crippen LogP contribution in [0.5, 0.6) is 0 Å². The molecule has 3 nitrogen and oxygen atoms in total. The van der Waals surface area contributed by atoms with Gasteiger partial charge in [-0.3, -0.25) is 0 Å².